The third-order valence-electron chi connectivity index (χ3n) is 2.61. The van der Waals surface area contributed by atoms with Crippen LogP contribution in [0.25, 0.3) is 0 Å². The number of hydrogen-bond donors (Lipinski definition) is 0. The normalized spacial score (nSPS) is 24.9. The fourth-order valence-electron chi connectivity index (χ4n) is 1.74. The van der Waals surface area contributed by atoms with Crippen LogP contribution in [0, 0.1) is 15.8 Å². The van der Waals surface area contributed by atoms with Gasteiger partial charge < -0.3 is 9.47 Å². The maximum absolute atomic E-state index is 11.2. The molecule has 4 heteroatoms. The van der Waals surface area contributed by atoms with E-state index in [1.54, 1.807) is 0 Å². The quantitative estimate of drug-likeness (QED) is 0.445. The summed E-state index contributed by atoms with van der Waals surface area (Å²) in [6.07, 6.45) is 3.89. The number of carbonyl (C=O) groups is 1. The lowest BCUT2D eigenvalue weighted by Crippen LogP contribution is -2.28. The molecule has 3 nitrogen and oxygen atoms in total. The van der Waals surface area contributed by atoms with Crippen LogP contribution >= 0.6 is 22.6 Å². The van der Waals surface area contributed by atoms with E-state index < -0.39 is 6.16 Å². The van der Waals surface area contributed by atoms with Crippen molar-refractivity contribution in [2.75, 3.05) is 6.61 Å². The molecule has 1 rings (SSSR count). The van der Waals surface area contributed by atoms with E-state index in [-0.39, 0.29) is 12.7 Å². The molecule has 0 N–H and O–H groups in total. The highest BCUT2D eigenvalue weighted by atomic mass is 127. The predicted molar refractivity (Wildman–Crippen MR) is 65.6 cm³/mol. The molecule has 1 fully saturated rings. The first-order valence-corrected chi connectivity index (χ1v) is 6.24. The molecule has 2 atom stereocenters. The highest BCUT2D eigenvalue weighted by Crippen LogP contribution is 2.26. The molecule has 0 aromatic heterocycles. The molecule has 0 amide bonds. The second kappa shape index (κ2) is 6.94. The Balaban J connectivity index is 2.25. The van der Waals surface area contributed by atoms with E-state index in [1.807, 2.05) is 22.6 Å². The van der Waals surface area contributed by atoms with Crippen molar-refractivity contribution in [1.29, 1.82) is 0 Å². The van der Waals surface area contributed by atoms with Gasteiger partial charge in [-0.15, -0.1) is 0 Å². The Bertz CT molecular complexity index is 267. The fraction of sp³-hybridized carbons (Fsp3) is 0.727. The fourth-order valence-corrected chi connectivity index (χ4v) is 1.89. The largest absolute Gasteiger partial charge is 0.509 e. The zero-order valence-corrected chi connectivity index (χ0v) is 11.0. The number of rotatable bonds is 2. The number of carbonyl (C=O) groups excluding carboxylic acids is 1. The van der Waals surface area contributed by atoms with Crippen LogP contribution in [0.1, 0.15) is 32.6 Å². The summed E-state index contributed by atoms with van der Waals surface area (Å²) in [5.41, 5.74) is 0. The van der Waals surface area contributed by atoms with Gasteiger partial charge in [-0.05, 0) is 29.1 Å². The molecule has 0 heterocycles. The van der Waals surface area contributed by atoms with E-state index >= 15 is 0 Å². The molecule has 0 aromatic carbocycles. The van der Waals surface area contributed by atoms with Crippen molar-refractivity contribution in [3.8, 4) is 9.85 Å². The molecule has 15 heavy (non-hydrogen) atoms. The molecule has 0 bridgehead atoms. The Hall–Kier alpha value is -0.440. The zero-order chi connectivity index (χ0) is 11.1. The minimum atomic E-state index is -0.590. The summed E-state index contributed by atoms with van der Waals surface area (Å²) in [5, 5.41) is 0. The predicted octanol–water partition coefficient (Wildman–Crippen LogP) is 3.11. The average Bonchev–Trinajstić information content (AvgIpc) is 2.22. The molecule has 1 aliphatic rings. The summed E-state index contributed by atoms with van der Waals surface area (Å²) >= 11 is 1.90. The third-order valence-corrected chi connectivity index (χ3v) is 2.99. The van der Waals surface area contributed by atoms with Gasteiger partial charge in [0.15, 0.2) is 6.61 Å². The molecule has 2 unspecified atom stereocenters. The van der Waals surface area contributed by atoms with Crippen LogP contribution in [-0.4, -0.2) is 18.9 Å². The summed E-state index contributed by atoms with van der Waals surface area (Å²) in [5.74, 6) is 3.09. The Morgan fingerprint density at radius 2 is 2.20 bits per heavy atom. The van der Waals surface area contributed by atoms with Gasteiger partial charge in [-0.3, -0.25) is 0 Å². The Morgan fingerprint density at radius 1 is 1.47 bits per heavy atom. The first-order valence-electron chi connectivity index (χ1n) is 5.16. The van der Waals surface area contributed by atoms with Crippen LogP contribution in [-0.2, 0) is 9.47 Å². The molecular formula is C11H15IO3. The monoisotopic (exact) mass is 322 g/mol. The van der Waals surface area contributed by atoms with Gasteiger partial charge in [0.25, 0.3) is 0 Å². The molecule has 0 saturated heterocycles. The lowest BCUT2D eigenvalue weighted by atomic mass is 9.88. The van der Waals surface area contributed by atoms with E-state index in [9.17, 15) is 4.79 Å². The van der Waals surface area contributed by atoms with Crippen molar-refractivity contribution in [2.24, 2.45) is 5.92 Å². The first kappa shape index (κ1) is 12.6. The van der Waals surface area contributed by atoms with Crippen molar-refractivity contribution in [2.45, 2.75) is 38.7 Å². The van der Waals surface area contributed by atoms with Gasteiger partial charge in [0.2, 0.25) is 0 Å². The van der Waals surface area contributed by atoms with Crippen LogP contribution in [0.15, 0.2) is 0 Å². The molecule has 1 saturated carbocycles. The van der Waals surface area contributed by atoms with Crippen molar-refractivity contribution in [3.63, 3.8) is 0 Å². The highest BCUT2D eigenvalue weighted by molar-refractivity contribution is 14.1. The van der Waals surface area contributed by atoms with E-state index in [0.29, 0.717) is 5.92 Å². The molecule has 1 aliphatic carbocycles. The summed E-state index contributed by atoms with van der Waals surface area (Å²) in [6, 6.07) is 0. The molecule has 0 radical (unpaired) electrons. The van der Waals surface area contributed by atoms with Crippen molar-refractivity contribution < 1.29 is 14.3 Å². The number of halogens is 1. The van der Waals surface area contributed by atoms with Crippen LogP contribution in [0.2, 0.25) is 0 Å². The lowest BCUT2D eigenvalue weighted by molar-refractivity contribution is -0.00343. The summed E-state index contributed by atoms with van der Waals surface area (Å²) in [6.45, 7) is 2.23. The Morgan fingerprint density at radius 3 is 2.87 bits per heavy atom. The second-order valence-corrected chi connectivity index (χ2v) is 4.27. The lowest BCUT2D eigenvalue weighted by Gasteiger charge is -2.27. The maximum Gasteiger partial charge on any atom is 0.509 e. The molecular weight excluding hydrogens is 307 g/mol. The van der Waals surface area contributed by atoms with Crippen molar-refractivity contribution in [3.05, 3.63) is 0 Å². The molecule has 0 aliphatic heterocycles. The number of hydrogen-bond acceptors (Lipinski definition) is 3. The summed E-state index contributed by atoms with van der Waals surface area (Å²) in [7, 11) is 0. The van der Waals surface area contributed by atoms with Gasteiger partial charge >= 0.3 is 6.16 Å². The van der Waals surface area contributed by atoms with Gasteiger partial charge in [-0.1, -0.05) is 19.3 Å². The van der Waals surface area contributed by atoms with Crippen LogP contribution in [0.5, 0.6) is 0 Å². The van der Waals surface area contributed by atoms with E-state index in [0.717, 1.165) is 19.3 Å². The minimum absolute atomic E-state index is 0.0267. The summed E-state index contributed by atoms with van der Waals surface area (Å²) < 4.78 is 12.6. The van der Waals surface area contributed by atoms with Crippen LogP contribution < -0.4 is 0 Å². The minimum Gasteiger partial charge on any atom is -0.431 e. The second-order valence-electron chi connectivity index (χ2n) is 3.73. The standard InChI is InChI=1S/C11H15IO3/c1-9-5-2-3-6-10(9)15-11(13)14-8-4-7-12/h9-10H,2-3,5-6,8H2,1H3. The molecule has 0 spiro atoms. The summed E-state index contributed by atoms with van der Waals surface area (Å²) in [4.78, 5) is 11.2. The van der Waals surface area contributed by atoms with Crippen LogP contribution in [0.4, 0.5) is 4.79 Å². The van der Waals surface area contributed by atoms with E-state index in [2.05, 4.69) is 16.8 Å². The Kier molecular flexibility index (Phi) is 5.84. The molecule has 84 valence electrons. The highest BCUT2D eigenvalue weighted by Gasteiger charge is 2.25. The third kappa shape index (κ3) is 4.74. The Labute approximate surface area is 104 Å². The SMILES string of the molecule is CC1CCCCC1OC(=O)OCC#CI. The van der Waals surface area contributed by atoms with Crippen LogP contribution in [0.3, 0.4) is 0 Å². The van der Waals surface area contributed by atoms with Gasteiger partial charge in [0, 0.05) is 22.6 Å². The van der Waals surface area contributed by atoms with Crippen molar-refractivity contribution in [1.82, 2.24) is 0 Å². The van der Waals surface area contributed by atoms with E-state index in [1.165, 1.54) is 6.42 Å². The average molecular weight is 322 g/mol. The number of ether oxygens (including phenoxy) is 2. The van der Waals surface area contributed by atoms with Gasteiger partial charge in [-0.25, -0.2) is 4.79 Å². The van der Waals surface area contributed by atoms with Gasteiger partial charge in [-0.2, -0.15) is 0 Å². The maximum atomic E-state index is 11.2. The zero-order valence-electron chi connectivity index (χ0n) is 8.79. The van der Waals surface area contributed by atoms with Crippen molar-refractivity contribution >= 4 is 28.7 Å². The van der Waals surface area contributed by atoms with E-state index in [4.69, 9.17) is 9.47 Å². The van der Waals surface area contributed by atoms with Gasteiger partial charge in [0.05, 0.1) is 0 Å². The molecule has 0 aromatic rings. The topological polar surface area (TPSA) is 35.5 Å². The van der Waals surface area contributed by atoms with Gasteiger partial charge in [0.1, 0.15) is 6.10 Å². The first-order chi connectivity index (χ1) is 7.24. The smallest absolute Gasteiger partial charge is 0.431 e.